The maximum absolute atomic E-state index is 15.0. The summed E-state index contributed by atoms with van der Waals surface area (Å²) in [5, 5.41) is 0.0608. The molecule has 0 radical (unpaired) electrons. The first kappa shape index (κ1) is 25.9. The predicted molar refractivity (Wildman–Crippen MR) is 134 cm³/mol. The number of nitrogens with two attached hydrogens (primary N) is 1. The van der Waals surface area contributed by atoms with Crippen LogP contribution >= 0.6 is 0 Å². The number of benzene rings is 1. The molecule has 2 N–H and O–H groups in total. The van der Waals surface area contributed by atoms with E-state index in [2.05, 4.69) is 55.7 Å². The van der Waals surface area contributed by atoms with E-state index in [-0.39, 0.29) is 29.3 Å². The number of rotatable bonds is 10. The fraction of sp³-hybridized carbons (Fsp3) is 0.542. The van der Waals surface area contributed by atoms with Crippen molar-refractivity contribution in [2.45, 2.75) is 71.8 Å². The Morgan fingerprint density at radius 3 is 2.50 bits per heavy atom. The Kier molecular flexibility index (Phi) is 7.82. The normalized spacial score (nSPS) is 12.4. The minimum Gasteiger partial charge on any atom is -0.468 e. The van der Waals surface area contributed by atoms with Gasteiger partial charge in [-0.1, -0.05) is 46.2 Å². The van der Waals surface area contributed by atoms with Crippen LogP contribution in [0.2, 0.25) is 18.1 Å². The van der Waals surface area contributed by atoms with Crippen LogP contribution < -0.4 is 15.2 Å². The largest absolute Gasteiger partial charge is 0.468 e. The molecule has 0 fully saturated rings. The zero-order valence-corrected chi connectivity index (χ0v) is 22.2. The number of unbranched alkanes of at least 4 members (excludes halogenated alkanes) is 1. The summed E-state index contributed by atoms with van der Waals surface area (Å²) in [6, 6.07) is 5.66. The molecule has 2 heterocycles. The molecule has 1 aromatic carbocycles. The number of nitrogens with zero attached hydrogens (tertiary/aromatic N) is 4. The van der Waals surface area contributed by atoms with E-state index >= 15 is 0 Å². The zero-order chi connectivity index (χ0) is 25.1. The molecular formula is C24H36FN5O3Si. The smallest absolute Gasteiger partial charge is 0.320 e. The van der Waals surface area contributed by atoms with Crippen molar-refractivity contribution in [3.05, 3.63) is 35.1 Å². The van der Waals surface area contributed by atoms with E-state index in [4.69, 9.17) is 19.6 Å². The van der Waals surface area contributed by atoms with Crippen molar-refractivity contribution < 1.29 is 18.3 Å². The average molecular weight is 490 g/mol. The number of aromatic nitrogens is 4. The molecule has 0 spiro atoms. The van der Waals surface area contributed by atoms with Gasteiger partial charge in [-0.2, -0.15) is 15.0 Å². The van der Waals surface area contributed by atoms with Gasteiger partial charge in [0.15, 0.2) is 25.3 Å². The number of fused-ring (bicyclic) bond motifs is 1. The minimum absolute atomic E-state index is 0.0608. The minimum atomic E-state index is -1.98. The fourth-order valence-electron chi connectivity index (χ4n) is 3.12. The SMILES string of the molecule is CCCCOc1nc(N)c2nc(OC)n(Cc3ccc(CO[Si](C)(C)C(C)(C)C)c(F)c3)c2n1. The number of nitrogen functional groups attached to an aromatic ring is 1. The van der Waals surface area contributed by atoms with Crippen LogP contribution in [0.1, 0.15) is 51.7 Å². The van der Waals surface area contributed by atoms with Gasteiger partial charge in [0.2, 0.25) is 0 Å². The van der Waals surface area contributed by atoms with E-state index in [1.807, 2.05) is 6.07 Å². The predicted octanol–water partition coefficient (Wildman–Crippen LogP) is 5.31. The second-order valence-electron chi connectivity index (χ2n) is 9.93. The molecule has 186 valence electrons. The fourth-order valence-corrected chi connectivity index (χ4v) is 4.06. The van der Waals surface area contributed by atoms with E-state index in [0.717, 1.165) is 18.4 Å². The van der Waals surface area contributed by atoms with Crippen LogP contribution in [0.25, 0.3) is 11.2 Å². The molecule has 0 atom stereocenters. The Bertz CT molecular complexity index is 1140. The molecule has 0 amide bonds. The first-order valence-corrected chi connectivity index (χ1v) is 14.5. The number of imidazole rings is 1. The number of halogens is 1. The highest BCUT2D eigenvalue weighted by Crippen LogP contribution is 2.37. The highest BCUT2D eigenvalue weighted by molar-refractivity contribution is 6.74. The van der Waals surface area contributed by atoms with Crippen LogP contribution in [0.3, 0.4) is 0 Å². The monoisotopic (exact) mass is 489 g/mol. The third kappa shape index (κ3) is 5.67. The summed E-state index contributed by atoms with van der Waals surface area (Å²) >= 11 is 0. The summed E-state index contributed by atoms with van der Waals surface area (Å²) < 4.78 is 34.0. The third-order valence-corrected chi connectivity index (χ3v) is 10.8. The molecule has 2 aromatic heterocycles. The second-order valence-corrected chi connectivity index (χ2v) is 14.7. The van der Waals surface area contributed by atoms with Gasteiger partial charge in [0.1, 0.15) is 5.82 Å². The molecule has 3 aromatic rings. The lowest BCUT2D eigenvalue weighted by Crippen LogP contribution is -2.40. The Labute approximate surface area is 201 Å². The van der Waals surface area contributed by atoms with Gasteiger partial charge in [0.25, 0.3) is 6.01 Å². The van der Waals surface area contributed by atoms with Crippen molar-refractivity contribution >= 4 is 25.3 Å². The molecule has 8 nitrogen and oxygen atoms in total. The topological polar surface area (TPSA) is 97.3 Å². The van der Waals surface area contributed by atoms with Crippen LogP contribution in [0.5, 0.6) is 12.0 Å². The van der Waals surface area contributed by atoms with Gasteiger partial charge in [-0.05, 0) is 36.2 Å². The number of anilines is 1. The molecule has 10 heteroatoms. The molecule has 0 saturated heterocycles. The summed E-state index contributed by atoms with van der Waals surface area (Å²) in [6.45, 7) is 13.9. The maximum Gasteiger partial charge on any atom is 0.320 e. The Hall–Kier alpha value is -2.72. The Balaban J connectivity index is 1.86. The van der Waals surface area contributed by atoms with Crippen LogP contribution in [0, 0.1) is 5.82 Å². The van der Waals surface area contributed by atoms with Crippen molar-refractivity contribution in [1.29, 1.82) is 0 Å². The maximum atomic E-state index is 15.0. The summed E-state index contributed by atoms with van der Waals surface area (Å²) in [4.78, 5) is 13.1. The summed E-state index contributed by atoms with van der Waals surface area (Å²) in [7, 11) is -0.460. The first-order chi connectivity index (χ1) is 16.0. The third-order valence-electron chi connectivity index (χ3n) is 6.33. The van der Waals surface area contributed by atoms with E-state index in [1.165, 1.54) is 13.2 Å². The van der Waals surface area contributed by atoms with Crippen molar-refractivity contribution in [2.75, 3.05) is 19.5 Å². The van der Waals surface area contributed by atoms with E-state index < -0.39 is 8.32 Å². The molecular weight excluding hydrogens is 453 g/mol. The number of hydrogen-bond acceptors (Lipinski definition) is 7. The highest BCUT2D eigenvalue weighted by atomic mass is 28.4. The first-order valence-electron chi connectivity index (χ1n) is 11.6. The van der Waals surface area contributed by atoms with E-state index in [1.54, 1.807) is 10.6 Å². The zero-order valence-electron chi connectivity index (χ0n) is 21.2. The van der Waals surface area contributed by atoms with Crippen molar-refractivity contribution in [2.24, 2.45) is 0 Å². The lowest BCUT2D eigenvalue weighted by atomic mass is 10.1. The van der Waals surface area contributed by atoms with Gasteiger partial charge >= 0.3 is 6.01 Å². The summed E-state index contributed by atoms with van der Waals surface area (Å²) in [5.74, 6) is -0.102. The highest BCUT2D eigenvalue weighted by Gasteiger charge is 2.37. The van der Waals surface area contributed by atoms with Gasteiger partial charge in [-0.25, -0.2) is 4.39 Å². The van der Waals surface area contributed by atoms with Gasteiger partial charge in [-0.15, -0.1) is 0 Å². The van der Waals surface area contributed by atoms with Crippen LogP contribution in [0.15, 0.2) is 18.2 Å². The molecule has 0 aliphatic carbocycles. The van der Waals surface area contributed by atoms with Gasteiger partial charge in [-0.3, -0.25) is 4.57 Å². The molecule has 3 rings (SSSR count). The number of hydrogen-bond donors (Lipinski definition) is 1. The van der Waals surface area contributed by atoms with Crippen LogP contribution in [0.4, 0.5) is 10.2 Å². The van der Waals surface area contributed by atoms with Gasteiger partial charge in [0.05, 0.1) is 26.9 Å². The van der Waals surface area contributed by atoms with Crippen molar-refractivity contribution in [3.8, 4) is 12.0 Å². The van der Waals surface area contributed by atoms with Gasteiger partial charge in [0, 0.05) is 5.56 Å². The average Bonchev–Trinajstić information content (AvgIpc) is 3.10. The lowest BCUT2D eigenvalue weighted by Gasteiger charge is -2.36. The van der Waals surface area contributed by atoms with Crippen LogP contribution in [-0.4, -0.2) is 41.6 Å². The number of ether oxygens (including phenoxy) is 2. The molecule has 34 heavy (non-hydrogen) atoms. The van der Waals surface area contributed by atoms with Gasteiger partial charge < -0.3 is 19.6 Å². The standard InChI is InChI=1S/C24H36FN5O3Si/c1-8-9-12-32-22-28-20(26)19-21(29-22)30(23(27-19)31-5)14-16-10-11-17(18(25)13-16)15-33-34(6,7)24(2,3)4/h10-11,13H,8-9,12,14-15H2,1-7H3,(H2,26,28,29). The summed E-state index contributed by atoms with van der Waals surface area (Å²) in [5.41, 5.74) is 8.26. The van der Waals surface area contributed by atoms with E-state index in [9.17, 15) is 4.39 Å². The molecule has 0 aliphatic rings. The van der Waals surface area contributed by atoms with Crippen molar-refractivity contribution in [3.63, 3.8) is 0 Å². The quantitative estimate of drug-likeness (QED) is 0.305. The summed E-state index contributed by atoms with van der Waals surface area (Å²) in [6.07, 6.45) is 1.88. The Morgan fingerprint density at radius 2 is 1.88 bits per heavy atom. The van der Waals surface area contributed by atoms with Crippen molar-refractivity contribution in [1.82, 2.24) is 19.5 Å². The molecule has 0 saturated carbocycles. The van der Waals surface area contributed by atoms with E-state index in [0.29, 0.717) is 35.9 Å². The molecule has 0 bridgehead atoms. The Morgan fingerprint density at radius 1 is 1.15 bits per heavy atom. The second kappa shape index (κ2) is 10.3. The lowest BCUT2D eigenvalue weighted by molar-refractivity contribution is 0.271. The van der Waals surface area contributed by atoms with Crippen LogP contribution in [-0.2, 0) is 17.6 Å². The number of methoxy groups -OCH3 is 1. The molecule has 0 aliphatic heterocycles. The molecule has 0 unspecified atom stereocenters.